The van der Waals surface area contributed by atoms with E-state index in [1.807, 2.05) is 12.1 Å². The summed E-state index contributed by atoms with van der Waals surface area (Å²) >= 11 is 0. The van der Waals surface area contributed by atoms with Crippen LogP contribution in [0.5, 0.6) is 0 Å². The van der Waals surface area contributed by atoms with Crippen molar-refractivity contribution in [2.45, 2.75) is 64.5 Å². The molecule has 4 aliphatic carbocycles. The molecule has 2 atom stereocenters. The molecule has 0 aromatic carbocycles. The van der Waals surface area contributed by atoms with Crippen LogP contribution in [0.2, 0.25) is 0 Å². The Balaban J connectivity index is 1.21. The molecule has 5 fully saturated rings. The first-order valence-electron chi connectivity index (χ1n) is 10.6. The van der Waals surface area contributed by atoms with Crippen molar-refractivity contribution < 1.29 is 14.0 Å². The first-order valence-corrected chi connectivity index (χ1v) is 10.6. The molecule has 2 heterocycles. The van der Waals surface area contributed by atoms with Crippen molar-refractivity contribution in [1.29, 1.82) is 0 Å². The number of furan rings is 1. The summed E-state index contributed by atoms with van der Waals surface area (Å²) in [7, 11) is 0. The van der Waals surface area contributed by atoms with E-state index in [-0.39, 0.29) is 23.8 Å². The van der Waals surface area contributed by atoms with Crippen LogP contribution in [0.1, 0.15) is 57.6 Å². The summed E-state index contributed by atoms with van der Waals surface area (Å²) in [4.78, 5) is 27.0. The van der Waals surface area contributed by atoms with Crippen molar-refractivity contribution in [2.75, 3.05) is 6.54 Å². The number of rotatable bonds is 5. The lowest BCUT2D eigenvalue weighted by atomic mass is 9.48. The maximum Gasteiger partial charge on any atom is 0.225 e. The highest BCUT2D eigenvalue weighted by Gasteiger charge is 2.53. The fraction of sp³-hybridized carbons (Fsp3) is 0.727. The molecule has 4 bridgehead atoms. The fourth-order valence-corrected chi connectivity index (χ4v) is 6.88. The highest BCUT2D eigenvalue weighted by Crippen LogP contribution is 2.61. The van der Waals surface area contributed by atoms with Crippen molar-refractivity contribution >= 4 is 11.8 Å². The van der Waals surface area contributed by atoms with E-state index in [1.54, 1.807) is 11.2 Å². The van der Waals surface area contributed by atoms with Gasteiger partial charge in [0.15, 0.2) is 0 Å². The van der Waals surface area contributed by atoms with Crippen LogP contribution in [-0.4, -0.2) is 29.3 Å². The van der Waals surface area contributed by atoms with Crippen molar-refractivity contribution in [3.63, 3.8) is 0 Å². The average Bonchev–Trinajstić information content (AvgIpc) is 3.24. The molecule has 5 nitrogen and oxygen atoms in total. The quantitative estimate of drug-likeness (QED) is 0.865. The lowest BCUT2D eigenvalue weighted by Gasteiger charge is -2.59. The second kappa shape index (κ2) is 6.39. The normalized spacial score (nSPS) is 38.4. The summed E-state index contributed by atoms with van der Waals surface area (Å²) < 4.78 is 5.35. The van der Waals surface area contributed by atoms with Gasteiger partial charge >= 0.3 is 0 Å². The second-order valence-electron chi connectivity index (χ2n) is 9.76. The van der Waals surface area contributed by atoms with Gasteiger partial charge in [0, 0.05) is 19.0 Å². The van der Waals surface area contributed by atoms with Crippen LogP contribution >= 0.6 is 0 Å². The Morgan fingerprint density at radius 1 is 1.26 bits per heavy atom. The summed E-state index contributed by atoms with van der Waals surface area (Å²) in [5, 5.41) is 3.34. The van der Waals surface area contributed by atoms with Gasteiger partial charge in [-0.1, -0.05) is 0 Å². The van der Waals surface area contributed by atoms with E-state index in [1.165, 1.54) is 38.5 Å². The molecule has 5 heteroatoms. The molecule has 5 aliphatic rings. The molecular weight excluding hydrogens is 340 g/mol. The molecule has 2 unspecified atom stereocenters. The third-order valence-electron chi connectivity index (χ3n) is 7.88. The predicted octanol–water partition coefficient (Wildman–Crippen LogP) is 3.35. The smallest absolute Gasteiger partial charge is 0.225 e. The van der Waals surface area contributed by atoms with Gasteiger partial charge in [-0.3, -0.25) is 9.59 Å². The minimum absolute atomic E-state index is 0.0500. The van der Waals surface area contributed by atoms with Crippen LogP contribution in [0.25, 0.3) is 0 Å². The third kappa shape index (κ3) is 3.09. The van der Waals surface area contributed by atoms with E-state index in [0.717, 1.165) is 23.5 Å². The molecule has 1 N–H and O–H groups in total. The van der Waals surface area contributed by atoms with E-state index in [0.29, 0.717) is 24.9 Å². The van der Waals surface area contributed by atoms with Gasteiger partial charge in [-0.25, -0.2) is 0 Å². The molecule has 27 heavy (non-hydrogen) atoms. The van der Waals surface area contributed by atoms with Gasteiger partial charge in [0.05, 0.1) is 18.7 Å². The Hall–Kier alpha value is -1.78. The maximum atomic E-state index is 12.9. The zero-order valence-corrected chi connectivity index (χ0v) is 16.2. The minimum Gasteiger partial charge on any atom is -0.467 e. The largest absolute Gasteiger partial charge is 0.467 e. The van der Waals surface area contributed by atoms with Crippen LogP contribution in [0.4, 0.5) is 0 Å². The first kappa shape index (κ1) is 17.3. The Morgan fingerprint density at radius 2 is 1.93 bits per heavy atom. The maximum absolute atomic E-state index is 12.9. The highest BCUT2D eigenvalue weighted by atomic mass is 16.3. The van der Waals surface area contributed by atoms with Gasteiger partial charge in [0.2, 0.25) is 11.8 Å². The van der Waals surface area contributed by atoms with Crippen LogP contribution in [0.15, 0.2) is 22.8 Å². The van der Waals surface area contributed by atoms with E-state index < -0.39 is 0 Å². The average molecular weight is 370 g/mol. The molecule has 6 rings (SSSR count). The zero-order chi connectivity index (χ0) is 18.6. The summed E-state index contributed by atoms with van der Waals surface area (Å²) in [5.41, 5.74) is 0.306. The lowest BCUT2D eigenvalue weighted by molar-refractivity contribution is -0.131. The zero-order valence-electron chi connectivity index (χ0n) is 16.2. The van der Waals surface area contributed by atoms with Crippen LogP contribution < -0.4 is 5.32 Å². The fourth-order valence-electron chi connectivity index (χ4n) is 6.88. The molecule has 1 aliphatic heterocycles. The van der Waals surface area contributed by atoms with E-state index in [2.05, 4.69) is 12.2 Å². The number of hydrogen-bond donors (Lipinski definition) is 1. The number of carbonyl (C=O) groups is 2. The summed E-state index contributed by atoms with van der Waals surface area (Å²) in [6.45, 7) is 3.17. The molecular formula is C22H30N2O3. The lowest BCUT2D eigenvalue weighted by Crippen LogP contribution is -2.56. The summed E-state index contributed by atoms with van der Waals surface area (Å²) in [6.07, 6.45) is 10.0. The summed E-state index contributed by atoms with van der Waals surface area (Å²) in [6, 6.07) is 3.91. The van der Waals surface area contributed by atoms with Gasteiger partial charge in [-0.05, 0) is 80.8 Å². The van der Waals surface area contributed by atoms with Gasteiger partial charge in [0.25, 0.3) is 0 Å². The van der Waals surface area contributed by atoms with Crippen LogP contribution in [0.3, 0.4) is 0 Å². The number of nitrogens with zero attached hydrogens (tertiary/aromatic N) is 1. The van der Waals surface area contributed by atoms with Gasteiger partial charge in [-0.2, -0.15) is 0 Å². The Morgan fingerprint density at radius 3 is 2.52 bits per heavy atom. The van der Waals surface area contributed by atoms with E-state index in [4.69, 9.17) is 4.42 Å². The van der Waals surface area contributed by atoms with Crippen molar-refractivity contribution in [3.05, 3.63) is 24.2 Å². The van der Waals surface area contributed by atoms with Crippen LogP contribution in [-0.2, 0) is 16.1 Å². The Kier molecular flexibility index (Phi) is 4.10. The van der Waals surface area contributed by atoms with E-state index >= 15 is 0 Å². The molecule has 2 amide bonds. The number of hydrogen-bond acceptors (Lipinski definition) is 3. The standard InChI is InChI=1S/C22H30N2O3/c1-14(22-9-15-5-16(10-22)7-17(6-15)11-22)23-21(26)18-8-20(25)24(12-18)13-19-3-2-4-27-19/h2-4,14-18H,5-13H2,1H3,(H,23,26). The van der Waals surface area contributed by atoms with Gasteiger partial charge in [-0.15, -0.1) is 0 Å². The molecule has 1 aromatic heterocycles. The number of amides is 2. The molecule has 1 saturated heterocycles. The van der Waals surface area contributed by atoms with Gasteiger partial charge in [0.1, 0.15) is 5.76 Å². The van der Waals surface area contributed by atoms with Crippen molar-refractivity contribution in [3.8, 4) is 0 Å². The second-order valence-corrected chi connectivity index (χ2v) is 9.76. The molecule has 0 radical (unpaired) electrons. The number of likely N-dealkylation sites (tertiary alicyclic amines) is 1. The van der Waals surface area contributed by atoms with Crippen LogP contribution in [0, 0.1) is 29.1 Å². The molecule has 146 valence electrons. The van der Waals surface area contributed by atoms with Crippen molar-refractivity contribution in [2.24, 2.45) is 29.1 Å². The topological polar surface area (TPSA) is 62.6 Å². The summed E-state index contributed by atoms with van der Waals surface area (Å²) in [5.74, 6) is 3.30. The predicted molar refractivity (Wildman–Crippen MR) is 100 cm³/mol. The SMILES string of the molecule is CC(NC(=O)C1CC(=O)N(Cc2ccco2)C1)C12CC3CC(CC(C3)C1)C2. The minimum atomic E-state index is -0.233. The molecule has 1 aromatic rings. The number of nitrogens with one attached hydrogen (secondary N) is 1. The molecule has 0 spiro atoms. The Labute approximate surface area is 160 Å². The third-order valence-corrected chi connectivity index (χ3v) is 7.88. The number of carbonyl (C=O) groups excluding carboxylic acids is 2. The van der Waals surface area contributed by atoms with E-state index in [9.17, 15) is 9.59 Å². The highest BCUT2D eigenvalue weighted by molar-refractivity contribution is 5.89. The van der Waals surface area contributed by atoms with Gasteiger partial charge < -0.3 is 14.6 Å². The van der Waals surface area contributed by atoms with Crippen molar-refractivity contribution in [1.82, 2.24) is 10.2 Å². The monoisotopic (exact) mass is 370 g/mol. The molecule has 4 saturated carbocycles. The first-order chi connectivity index (χ1) is 13.0. The Bertz CT molecular complexity index is 691.